The summed E-state index contributed by atoms with van der Waals surface area (Å²) in [6.45, 7) is 1.18. The van der Waals surface area contributed by atoms with Crippen molar-refractivity contribution in [3.63, 3.8) is 0 Å². The Morgan fingerprint density at radius 2 is 2.00 bits per heavy atom. The largest absolute Gasteiger partial charge is 0.417 e. The summed E-state index contributed by atoms with van der Waals surface area (Å²) in [6.07, 6.45) is -2.33. The zero-order valence-electron chi connectivity index (χ0n) is 14.6. The van der Waals surface area contributed by atoms with Crippen molar-refractivity contribution < 1.29 is 22.7 Å². The minimum absolute atomic E-state index is 0.0217. The zero-order valence-corrected chi connectivity index (χ0v) is 15.4. The lowest BCUT2D eigenvalue weighted by molar-refractivity contribution is -0.128. The first kappa shape index (κ1) is 19.6. The van der Waals surface area contributed by atoms with E-state index in [4.69, 9.17) is 4.74 Å². The molecule has 0 radical (unpaired) electrons. The number of amides is 1. The minimum Gasteiger partial charge on any atom is -0.376 e. The normalized spacial score (nSPS) is 17.9. The van der Waals surface area contributed by atoms with E-state index in [2.05, 4.69) is 0 Å². The fourth-order valence-electron chi connectivity index (χ4n) is 3.02. The summed E-state index contributed by atoms with van der Waals surface area (Å²) in [7, 11) is 0. The molecule has 144 valence electrons. The summed E-state index contributed by atoms with van der Waals surface area (Å²) in [5, 5.41) is 1.88. The van der Waals surface area contributed by atoms with E-state index in [1.165, 1.54) is 40.5 Å². The van der Waals surface area contributed by atoms with E-state index in [0.717, 1.165) is 17.7 Å². The number of rotatable bonds is 6. The maximum absolute atomic E-state index is 13.6. The third kappa shape index (κ3) is 5.43. The second-order valence-electron chi connectivity index (χ2n) is 6.35. The van der Waals surface area contributed by atoms with Crippen molar-refractivity contribution in [2.45, 2.75) is 31.7 Å². The maximum Gasteiger partial charge on any atom is 0.417 e. The van der Waals surface area contributed by atoms with E-state index in [-0.39, 0.29) is 24.8 Å². The van der Waals surface area contributed by atoms with Gasteiger partial charge >= 0.3 is 6.18 Å². The molecule has 1 amide bonds. The van der Waals surface area contributed by atoms with Gasteiger partial charge in [0, 0.05) is 24.1 Å². The number of alkyl halides is 3. The van der Waals surface area contributed by atoms with Crippen molar-refractivity contribution in [2.24, 2.45) is 0 Å². The molecule has 0 bridgehead atoms. The number of ether oxygens (including phenoxy) is 1. The molecule has 0 N–H and O–H groups in total. The SMILES string of the molecule is O=C(/C=C(\c1ccccc1)C(F)(F)F)N(Cc1cccs1)CC1CCCO1. The fourth-order valence-corrected chi connectivity index (χ4v) is 3.74. The summed E-state index contributed by atoms with van der Waals surface area (Å²) >= 11 is 1.47. The van der Waals surface area contributed by atoms with Crippen molar-refractivity contribution in [2.75, 3.05) is 13.2 Å². The summed E-state index contributed by atoms with van der Waals surface area (Å²) in [5.41, 5.74) is -0.955. The van der Waals surface area contributed by atoms with E-state index >= 15 is 0 Å². The molecule has 1 atom stereocenters. The number of carbonyl (C=O) groups is 1. The second-order valence-corrected chi connectivity index (χ2v) is 7.39. The monoisotopic (exact) mass is 395 g/mol. The highest BCUT2D eigenvalue weighted by molar-refractivity contribution is 7.09. The average Bonchev–Trinajstić information content (AvgIpc) is 3.32. The van der Waals surface area contributed by atoms with Crippen LogP contribution in [0.3, 0.4) is 0 Å². The van der Waals surface area contributed by atoms with Gasteiger partial charge in [-0.25, -0.2) is 0 Å². The van der Waals surface area contributed by atoms with Gasteiger partial charge in [0.1, 0.15) is 0 Å². The van der Waals surface area contributed by atoms with Gasteiger partial charge in [-0.15, -0.1) is 11.3 Å². The number of carbonyl (C=O) groups excluding carboxylic acids is 1. The third-order valence-electron chi connectivity index (χ3n) is 4.34. The predicted octanol–water partition coefficient (Wildman–Crippen LogP) is 4.90. The molecule has 2 aromatic rings. The molecule has 1 unspecified atom stereocenters. The van der Waals surface area contributed by atoms with Crippen molar-refractivity contribution in [1.29, 1.82) is 0 Å². The van der Waals surface area contributed by atoms with Gasteiger partial charge in [-0.3, -0.25) is 4.79 Å². The lowest BCUT2D eigenvalue weighted by Gasteiger charge is -2.24. The lowest BCUT2D eigenvalue weighted by atomic mass is 10.0. The van der Waals surface area contributed by atoms with Crippen molar-refractivity contribution >= 4 is 22.8 Å². The Balaban J connectivity index is 1.86. The van der Waals surface area contributed by atoms with Gasteiger partial charge in [-0.05, 0) is 29.9 Å². The predicted molar refractivity (Wildman–Crippen MR) is 99.2 cm³/mol. The number of hydrogen-bond acceptors (Lipinski definition) is 3. The zero-order chi connectivity index (χ0) is 19.3. The van der Waals surface area contributed by atoms with Gasteiger partial charge in [0.25, 0.3) is 0 Å². The van der Waals surface area contributed by atoms with Crippen LogP contribution in [-0.4, -0.2) is 36.2 Å². The van der Waals surface area contributed by atoms with Crippen LogP contribution in [0, 0.1) is 0 Å². The molecule has 0 aliphatic carbocycles. The van der Waals surface area contributed by atoms with E-state index < -0.39 is 17.7 Å². The van der Waals surface area contributed by atoms with Crippen LogP contribution in [-0.2, 0) is 16.1 Å². The van der Waals surface area contributed by atoms with E-state index in [0.29, 0.717) is 12.7 Å². The molecule has 1 saturated heterocycles. The summed E-state index contributed by atoms with van der Waals surface area (Å²) in [6, 6.07) is 11.1. The number of benzene rings is 1. The Kier molecular flexibility index (Phi) is 6.34. The summed E-state index contributed by atoms with van der Waals surface area (Å²) < 4.78 is 46.2. The van der Waals surface area contributed by atoms with Crippen LogP contribution in [0.2, 0.25) is 0 Å². The van der Waals surface area contributed by atoms with Crippen LogP contribution in [0.15, 0.2) is 53.9 Å². The lowest BCUT2D eigenvalue weighted by Crippen LogP contribution is -2.36. The van der Waals surface area contributed by atoms with Crippen molar-refractivity contribution in [1.82, 2.24) is 4.90 Å². The van der Waals surface area contributed by atoms with Crippen LogP contribution in [0.5, 0.6) is 0 Å². The number of allylic oxidation sites excluding steroid dienone is 1. The molecule has 3 rings (SSSR count). The van der Waals surface area contributed by atoms with Gasteiger partial charge in [0.15, 0.2) is 0 Å². The highest BCUT2D eigenvalue weighted by Crippen LogP contribution is 2.34. The Labute approximate surface area is 160 Å². The van der Waals surface area contributed by atoms with E-state index in [1.807, 2.05) is 17.5 Å². The number of hydrogen-bond donors (Lipinski definition) is 0. The topological polar surface area (TPSA) is 29.5 Å². The number of halogens is 3. The van der Waals surface area contributed by atoms with Gasteiger partial charge < -0.3 is 9.64 Å². The van der Waals surface area contributed by atoms with Crippen LogP contribution in [0.1, 0.15) is 23.3 Å². The van der Waals surface area contributed by atoms with Crippen molar-refractivity contribution in [3.05, 3.63) is 64.4 Å². The fraction of sp³-hybridized carbons (Fsp3) is 0.350. The molecule has 1 aliphatic heterocycles. The quantitative estimate of drug-likeness (QED) is 0.651. The Morgan fingerprint density at radius 3 is 2.59 bits per heavy atom. The Bertz CT molecular complexity index is 766. The summed E-state index contributed by atoms with van der Waals surface area (Å²) in [4.78, 5) is 15.1. The van der Waals surface area contributed by atoms with Gasteiger partial charge in [0.05, 0.1) is 18.2 Å². The smallest absolute Gasteiger partial charge is 0.376 e. The molecule has 1 aromatic carbocycles. The average molecular weight is 395 g/mol. The Hall–Kier alpha value is -2.12. The maximum atomic E-state index is 13.6. The Morgan fingerprint density at radius 1 is 1.22 bits per heavy atom. The third-order valence-corrected chi connectivity index (χ3v) is 5.21. The standard InChI is InChI=1S/C20H20F3NO2S/c21-20(22,23)18(15-6-2-1-3-7-15)12-19(25)24(13-16-8-4-10-26-16)14-17-9-5-11-27-17/h1-3,5-7,9,11-12,16H,4,8,10,13-14H2/b18-12+. The first-order valence-electron chi connectivity index (χ1n) is 8.70. The van der Waals surface area contributed by atoms with E-state index in [1.54, 1.807) is 6.07 Å². The molecule has 27 heavy (non-hydrogen) atoms. The number of nitrogens with zero attached hydrogens (tertiary/aromatic N) is 1. The highest BCUT2D eigenvalue weighted by atomic mass is 32.1. The van der Waals surface area contributed by atoms with E-state index in [9.17, 15) is 18.0 Å². The second kappa shape index (κ2) is 8.71. The molecule has 0 saturated carbocycles. The molecule has 7 heteroatoms. The molecule has 1 fully saturated rings. The van der Waals surface area contributed by atoms with Crippen LogP contribution >= 0.6 is 11.3 Å². The summed E-state index contributed by atoms with van der Waals surface area (Å²) in [5.74, 6) is -0.657. The highest BCUT2D eigenvalue weighted by Gasteiger charge is 2.36. The van der Waals surface area contributed by atoms with Crippen molar-refractivity contribution in [3.8, 4) is 0 Å². The van der Waals surface area contributed by atoms with Gasteiger partial charge in [0.2, 0.25) is 5.91 Å². The number of thiophene rings is 1. The van der Waals surface area contributed by atoms with Gasteiger partial charge in [-0.1, -0.05) is 36.4 Å². The molecular weight excluding hydrogens is 375 g/mol. The molecule has 0 spiro atoms. The first-order chi connectivity index (χ1) is 12.9. The van der Waals surface area contributed by atoms with Crippen LogP contribution in [0.4, 0.5) is 13.2 Å². The molecule has 3 nitrogen and oxygen atoms in total. The van der Waals surface area contributed by atoms with Crippen LogP contribution in [0.25, 0.3) is 5.57 Å². The molecular formula is C20H20F3NO2S. The van der Waals surface area contributed by atoms with Crippen LogP contribution < -0.4 is 0 Å². The molecule has 2 heterocycles. The first-order valence-corrected chi connectivity index (χ1v) is 9.58. The van der Waals surface area contributed by atoms with Gasteiger partial charge in [-0.2, -0.15) is 13.2 Å². The molecule has 1 aromatic heterocycles. The molecule has 1 aliphatic rings. The minimum atomic E-state index is -4.62.